The molecule has 1 saturated carbocycles. The minimum absolute atomic E-state index is 0.00397. The summed E-state index contributed by atoms with van der Waals surface area (Å²) in [5.41, 5.74) is 0.156. The van der Waals surface area contributed by atoms with Gasteiger partial charge in [-0.1, -0.05) is 32.9 Å². The van der Waals surface area contributed by atoms with E-state index < -0.39 is 20.1 Å². The fraction of sp³-hybridized carbons (Fsp3) is 0.632. The highest BCUT2D eigenvalue weighted by molar-refractivity contribution is 6.74. The molecule has 2 rings (SSSR count). The highest BCUT2D eigenvalue weighted by Gasteiger charge is 2.39. The predicted molar refractivity (Wildman–Crippen MR) is 95.0 cm³/mol. The van der Waals surface area contributed by atoms with Gasteiger partial charge in [-0.05, 0) is 47.7 Å². The second-order valence-electron chi connectivity index (χ2n) is 8.45. The average Bonchev–Trinajstić information content (AvgIpc) is 2.89. The first-order chi connectivity index (χ1) is 11.3. The Labute approximate surface area is 148 Å². The summed E-state index contributed by atoms with van der Waals surface area (Å²) in [4.78, 5) is 11.5. The normalized spacial score (nSPS) is 19.5. The van der Waals surface area contributed by atoms with Gasteiger partial charge in [0.2, 0.25) is 0 Å². The summed E-state index contributed by atoms with van der Waals surface area (Å²) in [7, 11) is -2.03. The third kappa shape index (κ3) is 4.73. The van der Waals surface area contributed by atoms with Crippen LogP contribution in [-0.2, 0) is 22.0 Å². The van der Waals surface area contributed by atoms with Crippen molar-refractivity contribution in [2.75, 3.05) is 0 Å². The van der Waals surface area contributed by atoms with E-state index in [1.165, 1.54) is 12.1 Å². The van der Waals surface area contributed by atoms with Crippen molar-refractivity contribution in [2.24, 2.45) is 0 Å². The Balaban J connectivity index is 2.26. The van der Waals surface area contributed by atoms with Crippen LogP contribution in [0.2, 0.25) is 18.1 Å². The first-order valence-corrected chi connectivity index (χ1v) is 11.6. The number of alkyl halides is 3. The van der Waals surface area contributed by atoms with Crippen molar-refractivity contribution in [3.05, 3.63) is 34.9 Å². The molecular weight excluding hydrogens is 345 g/mol. The van der Waals surface area contributed by atoms with Crippen LogP contribution in [0.5, 0.6) is 0 Å². The van der Waals surface area contributed by atoms with Crippen molar-refractivity contribution in [1.29, 1.82) is 0 Å². The number of hydrogen-bond acceptors (Lipinski definition) is 2. The highest BCUT2D eigenvalue weighted by Crippen LogP contribution is 2.41. The Hall–Kier alpha value is -1.14. The zero-order valence-electron chi connectivity index (χ0n) is 15.6. The third-order valence-corrected chi connectivity index (χ3v) is 9.99. The lowest BCUT2D eigenvalue weighted by Crippen LogP contribution is -2.40. The number of hydrogen-bond donors (Lipinski definition) is 0. The van der Waals surface area contributed by atoms with Crippen LogP contribution in [0.1, 0.15) is 62.6 Å². The second kappa shape index (κ2) is 6.87. The van der Waals surface area contributed by atoms with E-state index in [4.69, 9.17) is 4.43 Å². The van der Waals surface area contributed by atoms with Crippen LogP contribution in [0.3, 0.4) is 0 Å². The molecule has 1 aliphatic rings. The van der Waals surface area contributed by atoms with Gasteiger partial charge in [0.1, 0.15) is 5.78 Å². The van der Waals surface area contributed by atoms with Crippen molar-refractivity contribution in [3.8, 4) is 0 Å². The minimum Gasteiger partial charge on any atom is -0.413 e. The molecule has 6 heteroatoms. The maximum absolute atomic E-state index is 13.5. The number of rotatable bonds is 4. The van der Waals surface area contributed by atoms with Gasteiger partial charge in [-0.25, -0.2) is 0 Å². The molecular formula is C19H27F3O2Si. The summed E-state index contributed by atoms with van der Waals surface area (Å²) in [5, 5.41) is 0.00397. The Bertz CT molecular complexity index is 645. The Morgan fingerprint density at radius 2 is 1.84 bits per heavy atom. The molecule has 0 aromatic heterocycles. The molecule has 1 unspecified atom stereocenters. The van der Waals surface area contributed by atoms with Crippen molar-refractivity contribution in [3.63, 3.8) is 0 Å². The molecule has 0 N–H and O–H groups in total. The van der Waals surface area contributed by atoms with E-state index in [9.17, 15) is 18.0 Å². The molecule has 1 atom stereocenters. The topological polar surface area (TPSA) is 26.3 Å². The van der Waals surface area contributed by atoms with E-state index >= 15 is 0 Å². The molecule has 0 bridgehead atoms. The maximum atomic E-state index is 13.5. The Kier molecular flexibility index (Phi) is 5.55. The van der Waals surface area contributed by atoms with Crippen LogP contribution in [0, 0.1) is 0 Å². The summed E-state index contributed by atoms with van der Waals surface area (Å²) >= 11 is 0. The number of halogens is 3. The van der Waals surface area contributed by atoms with Gasteiger partial charge < -0.3 is 4.43 Å². The van der Waals surface area contributed by atoms with Crippen molar-refractivity contribution >= 4 is 14.1 Å². The van der Waals surface area contributed by atoms with Gasteiger partial charge in [0.05, 0.1) is 12.2 Å². The van der Waals surface area contributed by atoms with Gasteiger partial charge in [-0.2, -0.15) is 13.2 Å². The van der Waals surface area contributed by atoms with Crippen LogP contribution in [0.15, 0.2) is 18.2 Å². The summed E-state index contributed by atoms with van der Waals surface area (Å²) < 4.78 is 46.6. The molecule has 1 aromatic rings. The summed E-state index contributed by atoms with van der Waals surface area (Å²) in [6.45, 7) is 10.6. The van der Waals surface area contributed by atoms with Gasteiger partial charge in [0, 0.05) is 12.8 Å². The first kappa shape index (κ1) is 20.2. The Morgan fingerprint density at radius 3 is 2.32 bits per heavy atom. The van der Waals surface area contributed by atoms with E-state index in [0.717, 1.165) is 0 Å². The van der Waals surface area contributed by atoms with Gasteiger partial charge in [-0.15, -0.1) is 0 Å². The van der Waals surface area contributed by atoms with Gasteiger partial charge >= 0.3 is 6.18 Å². The highest BCUT2D eigenvalue weighted by atomic mass is 28.4. The molecule has 1 fully saturated rings. The van der Waals surface area contributed by atoms with Gasteiger partial charge in [0.15, 0.2) is 8.32 Å². The van der Waals surface area contributed by atoms with Gasteiger partial charge in [-0.3, -0.25) is 4.79 Å². The first-order valence-electron chi connectivity index (χ1n) is 8.67. The van der Waals surface area contributed by atoms with E-state index in [1.807, 2.05) is 0 Å². The number of carbonyl (C=O) groups excluding carboxylic acids is 1. The molecule has 25 heavy (non-hydrogen) atoms. The summed E-state index contributed by atoms with van der Waals surface area (Å²) in [6.07, 6.45) is -3.34. The minimum atomic E-state index is -4.42. The van der Waals surface area contributed by atoms with Crippen molar-refractivity contribution < 1.29 is 22.4 Å². The summed E-state index contributed by atoms with van der Waals surface area (Å²) in [5.74, 6) is -0.275. The number of carbonyl (C=O) groups is 1. The van der Waals surface area contributed by atoms with Crippen LogP contribution in [0.4, 0.5) is 13.2 Å². The number of Topliss-reactive ketones (excluding diaryl/α,β-unsaturated/α-hetero) is 1. The lowest BCUT2D eigenvalue weighted by atomic mass is 9.91. The maximum Gasteiger partial charge on any atom is 0.416 e. The van der Waals surface area contributed by atoms with Gasteiger partial charge in [0.25, 0.3) is 0 Å². The molecule has 0 spiro atoms. The molecule has 0 aliphatic heterocycles. The number of ketones is 1. The zero-order chi connectivity index (χ0) is 19.0. The lowest BCUT2D eigenvalue weighted by molar-refractivity contribution is -0.138. The zero-order valence-corrected chi connectivity index (χ0v) is 16.6. The van der Waals surface area contributed by atoms with E-state index in [2.05, 4.69) is 33.9 Å². The SMILES string of the molecule is CC(C)(C)[Si](C)(C)OCc1ccc(C2CCC(=O)C2)c(C(F)(F)F)c1. The fourth-order valence-electron chi connectivity index (χ4n) is 2.85. The predicted octanol–water partition coefficient (Wildman–Crippen LogP) is 6.06. The molecule has 0 saturated heterocycles. The largest absolute Gasteiger partial charge is 0.416 e. The van der Waals surface area contributed by atoms with Crippen molar-refractivity contribution in [1.82, 2.24) is 0 Å². The second-order valence-corrected chi connectivity index (χ2v) is 13.3. The molecule has 0 radical (unpaired) electrons. The van der Waals surface area contributed by atoms with Crippen LogP contribution in [-0.4, -0.2) is 14.1 Å². The van der Waals surface area contributed by atoms with Crippen molar-refractivity contribution in [2.45, 2.75) is 76.9 Å². The van der Waals surface area contributed by atoms with Crippen LogP contribution in [0.25, 0.3) is 0 Å². The molecule has 0 amide bonds. The quantitative estimate of drug-likeness (QED) is 0.600. The molecule has 1 aliphatic carbocycles. The Morgan fingerprint density at radius 1 is 1.20 bits per heavy atom. The standard InChI is InChI=1S/C19H27F3O2Si/c1-18(2,3)25(4,5)24-12-13-6-9-16(14-7-8-15(23)11-14)17(10-13)19(20,21)22/h6,9-10,14H,7-8,11-12H2,1-5H3. The average molecular weight is 373 g/mol. The molecule has 2 nitrogen and oxygen atoms in total. The molecule has 1 aromatic carbocycles. The van der Waals surface area contributed by atoms with Crippen LogP contribution >= 0.6 is 0 Å². The third-order valence-electron chi connectivity index (χ3n) is 5.51. The monoisotopic (exact) mass is 372 g/mol. The molecule has 140 valence electrons. The number of benzene rings is 1. The van der Waals surface area contributed by atoms with E-state index in [-0.39, 0.29) is 35.3 Å². The van der Waals surface area contributed by atoms with E-state index in [1.54, 1.807) is 6.07 Å². The van der Waals surface area contributed by atoms with Crippen LogP contribution < -0.4 is 0 Å². The summed E-state index contributed by atoms with van der Waals surface area (Å²) in [6, 6.07) is 4.45. The smallest absolute Gasteiger partial charge is 0.413 e. The van der Waals surface area contributed by atoms with E-state index in [0.29, 0.717) is 18.4 Å². The molecule has 0 heterocycles. The lowest BCUT2D eigenvalue weighted by Gasteiger charge is -2.36. The fourth-order valence-corrected chi connectivity index (χ4v) is 3.82.